The van der Waals surface area contributed by atoms with Crippen molar-refractivity contribution in [1.82, 2.24) is 19.5 Å². The lowest BCUT2D eigenvalue weighted by Gasteiger charge is -2.06. The Kier molecular flexibility index (Phi) is 3.54. The molecule has 0 unspecified atom stereocenters. The molecule has 0 aliphatic rings. The maximum absolute atomic E-state index is 5.30. The highest BCUT2D eigenvalue weighted by molar-refractivity contribution is 5.27. The molecule has 0 bridgehead atoms. The lowest BCUT2D eigenvalue weighted by Crippen LogP contribution is -2.08. The summed E-state index contributed by atoms with van der Waals surface area (Å²) in [5.41, 5.74) is 0. The van der Waals surface area contributed by atoms with Gasteiger partial charge in [0.25, 0.3) is 0 Å². The monoisotopic (exact) mass is 233 g/mol. The minimum atomic E-state index is 0.541. The number of imidazole rings is 1. The molecular formula is C11H15N5O. The van der Waals surface area contributed by atoms with Gasteiger partial charge in [-0.15, -0.1) is 0 Å². The average molecular weight is 233 g/mol. The van der Waals surface area contributed by atoms with Gasteiger partial charge in [-0.2, -0.15) is 4.98 Å². The maximum Gasteiger partial charge on any atom is 0.226 e. The number of nitrogens with one attached hydrogen (secondary N) is 1. The van der Waals surface area contributed by atoms with Gasteiger partial charge in [0.15, 0.2) is 0 Å². The number of hydrogen-bond acceptors (Lipinski definition) is 5. The lowest BCUT2D eigenvalue weighted by molar-refractivity contribution is 0.326. The molecule has 17 heavy (non-hydrogen) atoms. The predicted molar refractivity (Wildman–Crippen MR) is 63.7 cm³/mol. The second kappa shape index (κ2) is 5.29. The standard InChI is InChI=1S/C11H15N5O/c1-3-17-10-4-5-13-11(15-10)14-8-9-12-6-7-16(9)2/h4-7H,3,8H2,1-2H3,(H,13,14,15). The van der Waals surface area contributed by atoms with E-state index in [-0.39, 0.29) is 0 Å². The SMILES string of the molecule is CCOc1ccnc(NCc2nccn2C)n1. The second-order valence-corrected chi connectivity index (χ2v) is 3.46. The zero-order valence-corrected chi connectivity index (χ0v) is 9.92. The number of hydrogen-bond donors (Lipinski definition) is 1. The maximum atomic E-state index is 5.30. The van der Waals surface area contributed by atoms with Gasteiger partial charge in [0.2, 0.25) is 11.8 Å². The molecule has 6 nitrogen and oxygen atoms in total. The van der Waals surface area contributed by atoms with Crippen LogP contribution >= 0.6 is 0 Å². The zero-order valence-electron chi connectivity index (χ0n) is 9.92. The topological polar surface area (TPSA) is 64.9 Å². The van der Waals surface area contributed by atoms with E-state index in [2.05, 4.69) is 20.3 Å². The molecule has 0 saturated heterocycles. The predicted octanol–water partition coefficient (Wildman–Crippen LogP) is 1.22. The number of aryl methyl sites for hydroxylation is 1. The smallest absolute Gasteiger partial charge is 0.226 e. The van der Waals surface area contributed by atoms with Crippen molar-refractivity contribution in [3.05, 3.63) is 30.5 Å². The van der Waals surface area contributed by atoms with Crippen molar-refractivity contribution < 1.29 is 4.74 Å². The first kappa shape index (κ1) is 11.4. The molecule has 2 rings (SSSR count). The van der Waals surface area contributed by atoms with Gasteiger partial charge in [0.05, 0.1) is 13.2 Å². The van der Waals surface area contributed by atoms with Gasteiger partial charge >= 0.3 is 0 Å². The van der Waals surface area contributed by atoms with E-state index in [0.29, 0.717) is 25.0 Å². The molecule has 0 spiro atoms. The summed E-state index contributed by atoms with van der Waals surface area (Å²) >= 11 is 0. The van der Waals surface area contributed by atoms with Crippen molar-refractivity contribution >= 4 is 5.95 Å². The molecule has 2 aromatic heterocycles. The van der Waals surface area contributed by atoms with Gasteiger partial charge in [-0.05, 0) is 6.92 Å². The summed E-state index contributed by atoms with van der Waals surface area (Å²) in [4.78, 5) is 12.5. The Hall–Kier alpha value is -2.11. The van der Waals surface area contributed by atoms with E-state index in [1.807, 2.05) is 24.7 Å². The van der Waals surface area contributed by atoms with Gasteiger partial charge in [-0.25, -0.2) is 9.97 Å². The van der Waals surface area contributed by atoms with Crippen LogP contribution in [-0.2, 0) is 13.6 Å². The summed E-state index contributed by atoms with van der Waals surface area (Å²) in [6.07, 6.45) is 5.32. The summed E-state index contributed by atoms with van der Waals surface area (Å²) in [7, 11) is 1.95. The van der Waals surface area contributed by atoms with E-state index in [1.165, 1.54) is 0 Å². The third-order valence-electron chi connectivity index (χ3n) is 2.25. The highest BCUT2D eigenvalue weighted by Crippen LogP contribution is 2.08. The molecule has 0 aliphatic carbocycles. The van der Waals surface area contributed by atoms with E-state index >= 15 is 0 Å². The Balaban J connectivity index is 1.99. The Labute approximate surface area is 99.7 Å². The Bertz CT molecular complexity index is 482. The lowest BCUT2D eigenvalue weighted by atomic mass is 10.5. The third kappa shape index (κ3) is 2.93. The number of nitrogens with zero attached hydrogens (tertiary/aromatic N) is 4. The van der Waals surface area contributed by atoms with Crippen LogP contribution in [0.5, 0.6) is 5.88 Å². The van der Waals surface area contributed by atoms with Crippen LogP contribution in [0.25, 0.3) is 0 Å². The van der Waals surface area contributed by atoms with Gasteiger partial charge in [0, 0.05) is 31.7 Å². The Morgan fingerprint density at radius 2 is 2.24 bits per heavy atom. The number of rotatable bonds is 5. The largest absolute Gasteiger partial charge is 0.478 e. The summed E-state index contributed by atoms with van der Waals surface area (Å²) in [6.45, 7) is 3.10. The van der Waals surface area contributed by atoms with Crippen molar-refractivity contribution in [3.8, 4) is 5.88 Å². The van der Waals surface area contributed by atoms with Crippen molar-refractivity contribution in [2.24, 2.45) is 7.05 Å². The molecule has 0 saturated carbocycles. The van der Waals surface area contributed by atoms with E-state index in [0.717, 1.165) is 5.82 Å². The normalized spacial score (nSPS) is 10.2. The van der Waals surface area contributed by atoms with Gasteiger partial charge in [-0.3, -0.25) is 0 Å². The Morgan fingerprint density at radius 1 is 1.35 bits per heavy atom. The first-order chi connectivity index (χ1) is 8.29. The van der Waals surface area contributed by atoms with E-state index in [4.69, 9.17) is 4.74 Å². The molecule has 1 N–H and O–H groups in total. The molecule has 0 aliphatic heterocycles. The molecule has 0 aromatic carbocycles. The number of aromatic nitrogens is 4. The molecule has 0 fully saturated rings. The van der Waals surface area contributed by atoms with Crippen molar-refractivity contribution in [1.29, 1.82) is 0 Å². The molecule has 0 amide bonds. The molecule has 0 atom stereocenters. The fraction of sp³-hybridized carbons (Fsp3) is 0.364. The molecule has 0 radical (unpaired) electrons. The third-order valence-corrected chi connectivity index (χ3v) is 2.25. The van der Waals surface area contributed by atoms with Crippen LogP contribution in [0, 0.1) is 0 Å². The Morgan fingerprint density at radius 3 is 2.94 bits per heavy atom. The number of ether oxygens (including phenoxy) is 1. The minimum absolute atomic E-state index is 0.541. The van der Waals surface area contributed by atoms with Crippen LogP contribution < -0.4 is 10.1 Å². The van der Waals surface area contributed by atoms with E-state index in [9.17, 15) is 0 Å². The van der Waals surface area contributed by atoms with E-state index in [1.54, 1.807) is 18.5 Å². The van der Waals surface area contributed by atoms with Crippen LogP contribution in [0.15, 0.2) is 24.7 Å². The zero-order chi connectivity index (χ0) is 12.1. The molecule has 2 heterocycles. The first-order valence-electron chi connectivity index (χ1n) is 5.45. The average Bonchev–Trinajstić information content (AvgIpc) is 2.73. The van der Waals surface area contributed by atoms with Crippen LogP contribution in [0.4, 0.5) is 5.95 Å². The minimum Gasteiger partial charge on any atom is -0.478 e. The van der Waals surface area contributed by atoms with Crippen molar-refractivity contribution in [2.75, 3.05) is 11.9 Å². The van der Waals surface area contributed by atoms with Gasteiger partial charge in [0.1, 0.15) is 5.82 Å². The van der Waals surface area contributed by atoms with Crippen molar-refractivity contribution in [3.63, 3.8) is 0 Å². The van der Waals surface area contributed by atoms with Crippen LogP contribution in [0.2, 0.25) is 0 Å². The van der Waals surface area contributed by atoms with Crippen molar-refractivity contribution in [2.45, 2.75) is 13.5 Å². The van der Waals surface area contributed by atoms with Crippen LogP contribution in [-0.4, -0.2) is 26.1 Å². The summed E-state index contributed by atoms with van der Waals surface area (Å²) in [6, 6.07) is 1.73. The summed E-state index contributed by atoms with van der Waals surface area (Å²) in [5, 5.41) is 3.10. The summed E-state index contributed by atoms with van der Waals surface area (Å²) in [5.74, 6) is 2.04. The molecule has 2 aromatic rings. The number of anilines is 1. The van der Waals surface area contributed by atoms with Gasteiger partial charge in [-0.1, -0.05) is 0 Å². The summed E-state index contributed by atoms with van der Waals surface area (Å²) < 4.78 is 7.24. The molecule has 90 valence electrons. The first-order valence-corrected chi connectivity index (χ1v) is 5.45. The van der Waals surface area contributed by atoms with Crippen LogP contribution in [0.3, 0.4) is 0 Å². The fourth-order valence-electron chi connectivity index (χ4n) is 1.38. The highest BCUT2D eigenvalue weighted by Gasteiger charge is 2.02. The van der Waals surface area contributed by atoms with Crippen LogP contribution in [0.1, 0.15) is 12.7 Å². The quantitative estimate of drug-likeness (QED) is 0.841. The van der Waals surface area contributed by atoms with E-state index < -0.39 is 0 Å². The second-order valence-electron chi connectivity index (χ2n) is 3.46. The molecular weight excluding hydrogens is 218 g/mol. The highest BCUT2D eigenvalue weighted by atomic mass is 16.5. The molecule has 6 heteroatoms. The fourth-order valence-corrected chi connectivity index (χ4v) is 1.38. The van der Waals surface area contributed by atoms with Gasteiger partial charge < -0.3 is 14.6 Å².